The van der Waals surface area contributed by atoms with Gasteiger partial charge in [0, 0.05) is 57.6 Å². The Labute approximate surface area is 178 Å². The van der Waals surface area contributed by atoms with Crippen LogP contribution in [0.4, 0.5) is 5.69 Å². The molecule has 0 spiro atoms. The second kappa shape index (κ2) is 9.29. The lowest BCUT2D eigenvalue weighted by molar-refractivity contribution is 0.0775. The van der Waals surface area contributed by atoms with Crippen LogP contribution in [0.25, 0.3) is 0 Å². The van der Waals surface area contributed by atoms with Crippen LogP contribution in [0, 0.1) is 11.3 Å². The first-order valence-electron chi connectivity index (χ1n) is 10.6. The van der Waals surface area contributed by atoms with Crippen LogP contribution in [-0.2, 0) is 17.8 Å². The highest BCUT2D eigenvalue weighted by Gasteiger charge is 2.20. The van der Waals surface area contributed by atoms with Gasteiger partial charge in [-0.2, -0.15) is 5.26 Å². The molecule has 0 unspecified atom stereocenters. The van der Waals surface area contributed by atoms with E-state index in [1.54, 1.807) is 0 Å². The number of benzene rings is 2. The maximum Gasteiger partial charge on any atom is 0.253 e. The van der Waals surface area contributed by atoms with Crippen LogP contribution in [-0.4, -0.2) is 68.6 Å². The summed E-state index contributed by atoms with van der Waals surface area (Å²) in [6.07, 6.45) is 0.879. The van der Waals surface area contributed by atoms with Gasteiger partial charge in [-0.15, -0.1) is 0 Å². The van der Waals surface area contributed by atoms with Gasteiger partial charge in [0.15, 0.2) is 0 Å². The van der Waals surface area contributed by atoms with Crippen molar-refractivity contribution in [1.29, 1.82) is 5.26 Å². The average molecular weight is 405 g/mol. The molecule has 0 aliphatic carbocycles. The lowest BCUT2D eigenvalue weighted by atomic mass is 10.00. The third kappa shape index (κ3) is 4.64. The van der Waals surface area contributed by atoms with Gasteiger partial charge >= 0.3 is 0 Å². The summed E-state index contributed by atoms with van der Waals surface area (Å²) in [5, 5.41) is 8.94. The Morgan fingerprint density at radius 3 is 2.60 bits per heavy atom. The average Bonchev–Trinajstić information content (AvgIpc) is 2.82. The Morgan fingerprint density at radius 1 is 1.10 bits per heavy atom. The molecule has 2 aliphatic heterocycles. The molecule has 0 aromatic heterocycles. The third-order valence-corrected chi connectivity index (χ3v) is 6.06. The Bertz CT molecular complexity index is 927. The van der Waals surface area contributed by atoms with Gasteiger partial charge in [-0.25, -0.2) is 0 Å². The van der Waals surface area contributed by atoms with E-state index >= 15 is 0 Å². The number of hydrogen-bond acceptors (Lipinski definition) is 5. The minimum absolute atomic E-state index is 0.0838. The predicted molar refractivity (Wildman–Crippen MR) is 117 cm³/mol. The fourth-order valence-electron chi connectivity index (χ4n) is 4.09. The van der Waals surface area contributed by atoms with E-state index in [2.05, 4.69) is 15.9 Å². The van der Waals surface area contributed by atoms with Crippen molar-refractivity contribution in [3.8, 4) is 6.07 Å². The number of nitrogens with zero attached hydrogens (tertiary/aromatic N) is 4. The molecule has 0 saturated carbocycles. The molecule has 1 saturated heterocycles. The van der Waals surface area contributed by atoms with Crippen molar-refractivity contribution in [2.75, 3.05) is 57.8 Å². The lowest BCUT2D eigenvalue weighted by Crippen LogP contribution is -2.48. The number of anilines is 1. The summed E-state index contributed by atoms with van der Waals surface area (Å²) < 4.78 is 5.48. The van der Waals surface area contributed by atoms with Crippen molar-refractivity contribution in [2.24, 2.45) is 0 Å². The SMILES string of the molecule is CN(CCN1CCN(c2ccc(C#N)cc2)CC1)C(=O)c1ccc2c(c1)CCOC2. The number of nitriles is 1. The number of rotatable bonds is 5. The third-order valence-electron chi connectivity index (χ3n) is 6.06. The maximum atomic E-state index is 12.8. The fraction of sp³-hybridized carbons (Fsp3) is 0.417. The van der Waals surface area contributed by atoms with Crippen molar-refractivity contribution in [2.45, 2.75) is 13.0 Å². The second-order valence-corrected chi connectivity index (χ2v) is 8.00. The fourth-order valence-corrected chi connectivity index (χ4v) is 4.09. The van der Waals surface area contributed by atoms with Crippen molar-refractivity contribution in [3.05, 3.63) is 64.7 Å². The Hall–Kier alpha value is -2.88. The molecule has 30 heavy (non-hydrogen) atoms. The summed E-state index contributed by atoms with van der Waals surface area (Å²) in [7, 11) is 1.89. The van der Waals surface area contributed by atoms with Crippen LogP contribution in [0.5, 0.6) is 0 Å². The van der Waals surface area contributed by atoms with Gasteiger partial charge in [-0.1, -0.05) is 6.07 Å². The summed E-state index contributed by atoms with van der Waals surface area (Å²) in [6.45, 7) is 6.83. The maximum absolute atomic E-state index is 12.8. The van der Waals surface area contributed by atoms with E-state index in [1.165, 1.54) is 16.8 Å². The molecule has 0 atom stereocenters. The van der Waals surface area contributed by atoms with Crippen molar-refractivity contribution in [1.82, 2.24) is 9.80 Å². The van der Waals surface area contributed by atoms with Crippen molar-refractivity contribution < 1.29 is 9.53 Å². The normalized spacial score (nSPS) is 16.6. The number of likely N-dealkylation sites (N-methyl/N-ethyl adjacent to an activating group) is 1. The largest absolute Gasteiger partial charge is 0.376 e. The quantitative estimate of drug-likeness (QED) is 0.766. The summed E-state index contributed by atoms with van der Waals surface area (Å²) in [4.78, 5) is 19.4. The van der Waals surface area contributed by atoms with E-state index < -0.39 is 0 Å². The van der Waals surface area contributed by atoms with Crippen LogP contribution >= 0.6 is 0 Å². The number of amides is 1. The zero-order valence-corrected chi connectivity index (χ0v) is 17.5. The van der Waals surface area contributed by atoms with Crippen LogP contribution in [0.15, 0.2) is 42.5 Å². The topological polar surface area (TPSA) is 59.8 Å². The highest BCUT2D eigenvalue weighted by Crippen LogP contribution is 2.20. The zero-order valence-electron chi connectivity index (χ0n) is 17.5. The van der Waals surface area contributed by atoms with Gasteiger partial charge in [-0.05, 0) is 53.9 Å². The molecule has 2 aromatic rings. The molecule has 0 bridgehead atoms. The molecule has 4 rings (SSSR count). The first-order chi connectivity index (χ1) is 14.6. The first kappa shape index (κ1) is 20.4. The lowest BCUT2D eigenvalue weighted by Gasteiger charge is -2.36. The Balaban J connectivity index is 1.26. The van der Waals surface area contributed by atoms with E-state index in [0.29, 0.717) is 12.2 Å². The van der Waals surface area contributed by atoms with Crippen molar-refractivity contribution >= 4 is 11.6 Å². The molecular weight excluding hydrogens is 376 g/mol. The minimum atomic E-state index is 0.0838. The molecule has 0 radical (unpaired) electrons. The zero-order chi connectivity index (χ0) is 20.9. The molecule has 2 heterocycles. The summed E-state index contributed by atoms with van der Waals surface area (Å²) in [6, 6.07) is 15.9. The minimum Gasteiger partial charge on any atom is -0.376 e. The molecule has 1 fully saturated rings. The molecule has 2 aliphatic rings. The highest BCUT2D eigenvalue weighted by atomic mass is 16.5. The monoisotopic (exact) mass is 404 g/mol. The molecule has 0 N–H and O–H groups in total. The van der Waals surface area contributed by atoms with Crippen LogP contribution in [0.2, 0.25) is 0 Å². The van der Waals surface area contributed by atoms with E-state index in [4.69, 9.17) is 10.00 Å². The van der Waals surface area contributed by atoms with Gasteiger partial charge < -0.3 is 14.5 Å². The predicted octanol–water partition coefficient (Wildman–Crippen LogP) is 2.53. The van der Waals surface area contributed by atoms with Crippen LogP contribution in [0.1, 0.15) is 27.0 Å². The number of carbonyl (C=O) groups is 1. The smallest absolute Gasteiger partial charge is 0.253 e. The number of carbonyl (C=O) groups excluding carboxylic acids is 1. The number of piperazine rings is 1. The van der Waals surface area contributed by atoms with Gasteiger partial charge in [0.25, 0.3) is 5.91 Å². The molecular formula is C24H28N4O2. The molecule has 6 heteroatoms. The van der Waals surface area contributed by atoms with Gasteiger partial charge in [0.2, 0.25) is 0 Å². The summed E-state index contributed by atoms with van der Waals surface area (Å²) in [5.41, 5.74) is 5.06. The number of hydrogen-bond donors (Lipinski definition) is 0. The van der Waals surface area contributed by atoms with Gasteiger partial charge in [0.05, 0.1) is 24.8 Å². The Morgan fingerprint density at radius 2 is 1.87 bits per heavy atom. The van der Waals surface area contributed by atoms with Gasteiger partial charge in [-0.3, -0.25) is 9.69 Å². The van der Waals surface area contributed by atoms with E-state index in [9.17, 15) is 4.79 Å². The summed E-state index contributed by atoms with van der Waals surface area (Å²) in [5.74, 6) is 0.0838. The van der Waals surface area contributed by atoms with Crippen LogP contribution in [0.3, 0.4) is 0 Å². The number of fused-ring (bicyclic) bond motifs is 1. The molecule has 156 valence electrons. The highest BCUT2D eigenvalue weighted by molar-refractivity contribution is 5.94. The summed E-state index contributed by atoms with van der Waals surface area (Å²) >= 11 is 0. The number of ether oxygens (including phenoxy) is 1. The first-order valence-corrected chi connectivity index (χ1v) is 10.6. The standard InChI is InChI=1S/C24H28N4O2/c1-26(24(29)21-4-5-22-18-30-15-8-20(22)16-21)9-10-27-11-13-28(14-12-27)23-6-2-19(17-25)3-7-23/h2-7,16H,8-15,18H2,1H3. The molecule has 6 nitrogen and oxygen atoms in total. The molecule has 2 aromatic carbocycles. The molecule has 1 amide bonds. The van der Waals surface area contributed by atoms with E-state index in [1.807, 2.05) is 54.4 Å². The van der Waals surface area contributed by atoms with Gasteiger partial charge in [0.1, 0.15) is 0 Å². The van der Waals surface area contributed by atoms with E-state index in [0.717, 1.165) is 57.9 Å². The Kier molecular flexibility index (Phi) is 6.32. The van der Waals surface area contributed by atoms with E-state index in [-0.39, 0.29) is 5.91 Å². The van der Waals surface area contributed by atoms with Crippen LogP contribution < -0.4 is 4.90 Å². The second-order valence-electron chi connectivity index (χ2n) is 8.00. The van der Waals surface area contributed by atoms with Crippen molar-refractivity contribution in [3.63, 3.8) is 0 Å².